The van der Waals surface area contributed by atoms with Gasteiger partial charge >= 0.3 is 0 Å². The molecule has 112 valence electrons. The molecule has 21 heavy (non-hydrogen) atoms. The topological polar surface area (TPSA) is 27.7 Å². The molecule has 2 aromatic carbocycles. The van der Waals surface area contributed by atoms with E-state index in [1.54, 1.807) is 7.11 Å². The highest BCUT2D eigenvalue weighted by Gasteiger charge is 2.01. The minimum absolute atomic E-state index is 0.636. The Morgan fingerprint density at radius 3 is 2.19 bits per heavy atom. The molecule has 0 spiro atoms. The first kappa shape index (κ1) is 15.2. The minimum Gasteiger partial charge on any atom is -0.497 e. The molecule has 0 N–H and O–H groups in total. The van der Waals surface area contributed by atoms with Crippen molar-refractivity contribution in [2.24, 2.45) is 0 Å². The van der Waals surface area contributed by atoms with E-state index in [2.05, 4.69) is 19.9 Å². The molecule has 0 aliphatic heterocycles. The van der Waals surface area contributed by atoms with Crippen LogP contribution in [-0.2, 0) is 0 Å². The van der Waals surface area contributed by atoms with Gasteiger partial charge in [-0.1, -0.05) is 12.1 Å². The second kappa shape index (κ2) is 7.58. The summed E-state index contributed by atoms with van der Waals surface area (Å²) in [7, 11) is 1.65. The van der Waals surface area contributed by atoms with Crippen LogP contribution in [0.15, 0.2) is 42.5 Å². The Hall–Kier alpha value is -2.16. The summed E-state index contributed by atoms with van der Waals surface area (Å²) in [5.41, 5.74) is 2.45. The molecular formula is C18H22O3. The normalized spacial score (nSPS) is 10.2. The lowest BCUT2D eigenvalue weighted by Crippen LogP contribution is -2.05. The fourth-order valence-corrected chi connectivity index (χ4v) is 1.98. The van der Waals surface area contributed by atoms with Gasteiger partial charge in [0.25, 0.3) is 0 Å². The van der Waals surface area contributed by atoms with E-state index in [1.165, 1.54) is 11.1 Å². The standard InChI is InChI=1S/C18H22O3/c1-14-6-4-7-18(15(14)2)21-13-5-12-20-17-10-8-16(19-3)9-11-17/h4,6-11H,5,12-13H2,1-3H3. The zero-order chi connectivity index (χ0) is 15.1. The maximum absolute atomic E-state index is 5.79. The Morgan fingerprint density at radius 2 is 1.48 bits per heavy atom. The number of hydrogen-bond acceptors (Lipinski definition) is 3. The average Bonchev–Trinajstić information content (AvgIpc) is 2.51. The van der Waals surface area contributed by atoms with Crippen molar-refractivity contribution >= 4 is 0 Å². The lowest BCUT2D eigenvalue weighted by Gasteiger charge is -2.11. The van der Waals surface area contributed by atoms with Gasteiger partial charge in [-0.3, -0.25) is 0 Å². The highest BCUT2D eigenvalue weighted by Crippen LogP contribution is 2.21. The van der Waals surface area contributed by atoms with Crippen molar-refractivity contribution in [2.45, 2.75) is 20.3 Å². The Bertz CT molecular complexity index is 561. The Morgan fingerprint density at radius 1 is 0.810 bits per heavy atom. The molecule has 0 aliphatic rings. The predicted molar refractivity (Wildman–Crippen MR) is 84.5 cm³/mol. The van der Waals surface area contributed by atoms with E-state index in [0.717, 1.165) is 23.7 Å². The van der Waals surface area contributed by atoms with E-state index >= 15 is 0 Å². The van der Waals surface area contributed by atoms with Gasteiger partial charge in [-0.2, -0.15) is 0 Å². The number of hydrogen-bond donors (Lipinski definition) is 0. The first-order chi connectivity index (χ1) is 10.2. The molecule has 0 radical (unpaired) electrons. The molecule has 3 heteroatoms. The molecule has 0 unspecified atom stereocenters. The zero-order valence-corrected chi connectivity index (χ0v) is 12.9. The quantitative estimate of drug-likeness (QED) is 0.715. The average molecular weight is 286 g/mol. The molecule has 0 fully saturated rings. The third kappa shape index (κ3) is 4.42. The Kier molecular flexibility index (Phi) is 5.50. The highest BCUT2D eigenvalue weighted by atomic mass is 16.5. The molecule has 0 heterocycles. The number of benzene rings is 2. The highest BCUT2D eigenvalue weighted by molar-refractivity contribution is 5.38. The van der Waals surface area contributed by atoms with E-state index in [4.69, 9.17) is 14.2 Å². The molecule has 0 saturated carbocycles. The van der Waals surface area contributed by atoms with Crippen LogP contribution in [-0.4, -0.2) is 20.3 Å². The van der Waals surface area contributed by atoms with Gasteiger partial charge < -0.3 is 14.2 Å². The van der Waals surface area contributed by atoms with Crippen LogP contribution in [0.4, 0.5) is 0 Å². The lowest BCUT2D eigenvalue weighted by molar-refractivity contribution is 0.246. The van der Waals surface area contributed by atoms with Crippen LogP contribution in [0.5, 0.6) is 17.2 Å². The fourth-order valence-electron chi connectivity index (χ4n) is 1.98. The van der Waals surface area contributed by atoms with Crippen LogP contribution in [0, 0.1) is 13.8 Å². The fraction of sp³-hybridized carbons (Fsp3) is 0.333. The summed E-state index contributed by atoms with van der Waals surface area (Å²) in [6.45, 7) is 5.46. The van der Waals surface area contributed by atoms with Crippen LogP contribution in [0.3, 0.4) is 0 Å². The molecule has 0 saturated heterocycles. The van der Waals surface area contributed by atoms with Crippen molar-refractivity contribution in [3.05, 3.63) is 53.6 Å². The second-order valence-corrected chi connectivity index (χ2v) is 4.92. The SMILES string of the molecule is COc1ccc(OCCCOc2cccc(C)c2C)cc1. The lowest BCUT2D eigenvalue weighted by atomic mass is 10.1. The van der Waals surface area contributed by atoms with Crippen LogP contribution in [0.25, 0.3) is 0 Å². The number of ether oxygens (including phenoxy) is 3. The van der Waals surface area contributed by atoms with Crippen molar-refractivity contribution in [3.8, 4) is 17.2 Å². The van der Waals surface area contributed by atoms with Gasteiger partial charge in [0.2, 0.25) is 0 Å². The van der Waals surface area contributed by atoms with Crippen molar-refractivity contribution in [2.75, 3.05) is 20.3 Å². The maximum Gasteiger partial charge on any atom is 0.122 e. The molecule has 0 atom stereocenters. The molecule has 0 bridgehead atoms. The van der Waals surface area contributed by atoms with Gasteiger partial charge in [0.1, 0.15) is 17.2 Å². The van der Waals surface area contributed by atoms with E-state index in [9.17, 15) is 0 Å². The summed E-state index contributed by atoms with van der Waals surface area (Å²) in [5.74, 6) is 2.64. The van der Waals surface area contributed by atoms with Gasteiger partial charge in [-0.15, -0.1) is 0 Å². The van der Waals surface area contributed by atoms with Crippen molar-refractivity contribution in [1.82, 2.24) is 0 Å². The van der Waals surface area contributed by atoms with Gasteiger partial charge in [0.15, 0.2) is 0 Å². The predicted octanol–water partition coefficient (Wildman–Crippen LogP) is 4.16. The molecule has 0 aliphatic carbocycles. The summed E-state index contributed by atoms with van der Waals surface area (Å²) in [6, 6.07) is 13.7. The first-order valence-corrected chi connectivity index (χ1v) is 7.16. The summed E-state index contributed by atoms with van der Waals surface area (Å²) in [6.07, 6.45) is 0.847. The van der Waals surface area contributed by atoms with E-state index < -0.39 is 0 Å². The maximum atomic E-state index is 5.79. The molecule has 3 nitrogen and oxygen atoms in total. The smallest absolute Gasteiger partial charge is 0.122 e. The van der Waals surface area contributed by atoms with Crippen LogP contribution >= 0.6 is 0 Å². The van der Waals surface area contributed by atoms with Crippen molar-refractivity contribution < 1.29 is 14.2 Å². The number of methoxy groups -OCH3 is 1. The van der Waals surface area contributed by atoms with E-state index in [-0.39, 0.29) is 0 Å². The van der Waals surface area contributed by atoms with Gasteiger partial charge in [0.05, 0.1) is 20.3 Å². The largest absolute Gasteiger partial charge is 0.497 e. The summed E-state index contributed by atoms with van der Waals surface area (Å²) < 4.78 is 16.6. The van der Waals surface area contributed by atoms with Gasteiger partial charge in [0, 0.05) is 6.42 Å². The van der Waals surface area contributed by atoms with Gasteiger partial charge in [-0.25, -0.2) is 0 Å². The summed E-state index contributed by atoms with van der Waals surface area (Å²) >= 11 is 0. The summed E-state index contributed by atoms with van der Waals surface area (Å²) in [4.78, 5) is 0. The Balaban J connectivity index is 1.71. The van der Waals surface area contributed by atoms with E-state index in [1.807, 2.05) is 36.4 Å². The van der Waals surface area contributed by atoms with E-state index in [0.29, 0.717) is 13.2 Å². The third-order valence-corrected chi connectivity index (χ3v) is 3.43. The van der Waals surface area contributed by atoms with Crippen LogP contribution in [0.2, 0.25) is 0 Å². The second-order valence-electron chi connectivity index (χ2n) is 4.92. The molecule has 2 aromatic rings. The minimum atomic E-state index is 0.636. The molecular weight excluding hydrogens is 264 g/mol. The van der Waals surface area contributed by atoms with Crippen molar-refractivity contribution in [3.63, 3.8) is 0 Å². The molecule has 0 aromatic heterocycles. The van der Waals surface area contributed by atoms with Crippen LogP contribution in [0.1, 0.15) is 17.5 Å². The number of aryl methyl sites for hydroxylation is 1. The van der Waals surface area contributed by atoms with Gasteiger partial charge in [-0.05, 0) is 55.3 Å². The molecule has 0 amide bonds. The number of rotatable bonds is 7. The monoisotopic (exact) mass is 286 g/mol. The van der Waals surface area contributed by atoms with Crippen molar-refractivity contribution in [1.29, 1.82) is 0 Å². The zero-order valence-electron chi connectivity index (χ0n) is 12.9. The first-order valence-electron chi connectivity index (χ1n) is 7.16. The van der Waals surface area contributed by atoms with Crippen LogP contribution < -0.4 is 14.2 Å². The third-order valence-electron chi connectivity index (χ3n) is 3.43. The summed E-state index contributed by atoms with van der Waals surface area (Å²) in [5, 5.41) is 0. The molecule has 2 rings (SSSR count). The Labute approximate surface area is 126 Å².